The summed E-state index contributed by atoms with van der Waals surface area (Å²) in [7, 11) is 0. The molecule has 0 aliphatic rings. The summed E-state index contributed by atoms with van der Waals surface area (Å²) in [5.41, 5.74) is 0. The number of H-pyrrole nitrogens is 1. The van der Waals surface area contributed by atoms with Crippen LogP contribution in [0.1, 0.15) is 0 Å². The Bertz CT molecular complexity index is 698. The minimum Gasteiger partial charge on any atom is -0.368 e. The topological polar surface area (TPSA) is 15.8 Å². The number of benzene rings is 3. The van der Waals surface area contributed by atoms with Gasteiger partial charge in [-0.1, -0.05) is 60.7 Å². The minimum absolute atomic E-state index is 1.31. The first-order chi connectivity index (χ1) is 9.45. The Kier molecular flexibility index (Phi) is 3.28. The molecule has 0 atom stereocenters. The molecule has 0 radical (unpaired) electrons. The lowest BCUT2D eigenvalue weighted by Gasteiger charge is -2.02. The second kappa shape index (κ2) is 5.40. The first-order valence-corrected chi connectivity index (χ1v) is 6.39. The van der Waals surface area contributed by atoms with E-state index in [4.69, 9.17) is 0 Å². The van der Waals surface area contributed by atoms with Crippen LogP contribution in [-0.2, 0) is 0 Å². The van der Waals surface area contributed by atoms with Crippen LogP contribution in [0.25, 0.3) is 21.5 Å². The second-order valence-electron chi connectivity index (χ2n) is 4.39. The molecule has 0 amide bonds. The van der Waals surface area contributed by atoms with Crippen LogP contribution in [0.4, 0.5) is 0 Å². The van der Waals surface area contributed by atoms with E-state index < -0.39 is 0 Å². The zero-order valence-electron chi connectivity index (χ0n) is 10.6. The van der Waals surface area contributed by atoms with E-state index in [9.17, 15) is 0 Å². The molecule has 4 aromatic rings. The maximum absolute atomic E-state index is 2.86. The minimum atomic E-state index is 1.31. The highest BCUT2D eigenvalue weighted by Gasteiger charge is 1.97. The van der Waals surface area contributed by atoms with E-state index in [1.807, 2.05) is 24.5 Å². The van der Waals surface area contributed by atoms with E-state index in [2.05, 4.69) is 65.6 Å². The van der Waals surface area contributed by atoms with Crippen molar-refractivity contribution in [3.05, 3.63) is 85.2 Å². The Morgan fingerprint density at radius 2 is 0.947 bits per heavy atom. The molecule has 92 valence electrons. The van der Waals surface area contributed by atoms with Gasteiger partial charge in [0.25, 0.3) is 0 Å². The van der Waals surface area contributed by atoms with Crippen molar-refractivity contribution in [2.24, 2.45) is 0 Å². The lowest BCUT2D eigenvalue weighted by Crippen LogP contribution is -1.75. The standard InChI is InChI=1S/C14H10.C4H5N/c1-3-7-13-11(5-1)9-10-12-6-2-4-8-14(12)13;1-2-4-5-3-1/h1-10H;1-5H. The van der Waals surface area contributed by atoms with Crippen molar-refractivity contribution in [2.75, 3.05) is 0 Å². The Balaban J connectivity index is 0.000000187. The second-order valence-corrected chi connectivity index (χ2v) is 4.39. The molecule has 19 heavy (non-hydrogen) atoms. The summed E-state index contributed by atoms with van der Waals surface area (Å²) in [6.07, 6.45) is 3.75. The van der Waals surface area contributed by atoms with Crippen molar-refractivity contribution in [2.45, 2.75) is 0 Å². The molecule has 1 heterocycles. The molecular weight excluding hydrogens is 230 g/mol. The number of aromatic amines is 1. The van der Waals surface area contributed by atoms with Gasteiger partial charge in [-0.2, -0.15) is 0 Å². The van der Waals surface area contributed by atoms with Crippen molar-refractivity contribution in [1.82, 2.24) is 4.98 Å². The lowest BCUT2D eigenvalue weighted by atomic mass is 10.0. The average molecular weight is 245 g/mol. The molecule has 1 heteroatoms. The fraction of sp³-hybridized carbons (Fsp3) is 0. The van der Waals surface area contributed by atoms with Crippen LogP contribution in [0.15, 0.2) is 85.2 Å². The van der Waals surface area contributed by atoms with Crippen LogP contribution in [0, 0.1) is 0 Å². The highest BCUT2D eigenvalue weighted by molar-refractivity contribution is 6.07. The van der Waals surface area contributed by atoms with Gasteiger partial charge in [0.1, 0.15) is 0 Å². The predicted molar refractivity (Wildman–Crippen MR) is 82.2 cm³/mol. The Morgan fingerprint density at radius 1 is 0.474 bits per heavy atom. The van der Waals surface area contributed by atoms with Crippen LogP contribution in [-0.4, -0.2) is 4.98 Å². The van der Waals surface area contributed by atoms with Crippen LogP contribution < -0.4 is 0 Å². The third kappa shape index (κ3) is 2.50. The molecule has 1 aromatic heterocycles. The van der Waals surface area contributed by atoms with Crippen LogP contribution >= 0.6 is 0 Å². The molecule has 3 aromatic carbocycles. The molecule has 0 bridgehead atoms. The first-order valence-electron chi connectivity index (χ1n) is 6.39. The van der Waals surface area contributed by atoms with Gasteiger partial charge in [0.2, 0.25) is 0 Å². The van der Waals surface area contributed by atoms with Gasteiger partial charge >= 0.3 is 0 Å². The number of fused-ring (bicyclic) bond motifs is 3. The molecule has 0 saturated heterocycles. The lowest BCUT2D eigenvalue weighted by molar-refractivity contribution is 1.42. The molecule has 0 spiro atoms. The van der Waals surface area contributed by atoms with Crippen LogP contribution in [0.2, 0.25) is 0 Å². The van der Waals surface area contributed by atoms with E-state index in [0.717, 1.165) is 0 Å². The summed E-state index contributed by atoms with van der Waals surface area (Å²) in [4.78, 5) is 2.86. The quantitative estimate of drug-likeness (QED) is 0.419. The van der Waals surface area contributed by atoms with Crippen molar-refractivity contribution >= 4 is 21.5 Å². The summed E-state index contributed by atoms with van der Waals surface area (Å²) in [5, 5.41) is 5.30. The van der Waals surface area contributed by atoms with E-state index in [1.54, 1.807) is 0 Å². The summed E-state index contributed by atoms with van der Waals surface area (Å²) in [6, 6.07) is 25.3. The molecule has 0 saturated carbocycles. The molecule has 1 N–H and O–H groups in total. The van der Waals surface area contributed by atoms with Gasteiger partial charge in [-0.3, -0.25) is 0 Å². The number of nitrogens with one attached hydrogen (secondary N) is 1. The van der Waals surface area contributed by atoms with Crippen LogP contribution in [0.5, 0.6) is 0 Å². The Labute approximate surface area is 112 Å². The summed E-state index contributed by atoms with van der Waals surface area (Å²) < 4.78 is 0. The number of rotatable bonds is 0. The highest BCUT2D eigenvalue weighted by atomic mass is 14.6. The Hall–Kier alpha value is -2.54. The molecule has 1 nitrogen and oxygen atoms in total. The van der Waals surface area contributed by atoms with E-state index >= 15 is 0 Å². The number of hydrogen-bond acceptors (Lipinski definition) is 0. The van der Waals surface area contributed by atoms with Gasteiger partial charge in [0.15, 0.2) is 0 Å². The largest absolute Gasteiger partial charge is 0.368 e. The van der Waals surface area contributed by atoms with Crippen molar-refractivity contribution in [1.29, 1.82) is 0 Å². The van der Waals surface area contributed by atoms with E-state index in [0.29, 0.717) is 0 Å². The molecule has 4 rings (SSSR count). The van der Waals surface area contributed by atoms with Gasteiger partial charge in [0.05, 0.1) is 0 Å². The van der Waals surface area contributed by atoms with Crippen molar-refractivity contribution in [3.8, 4) is 0 Å². The van der Waals surface area contributed by atoms with Gasteiger partial charge in [-0.25, -0.2) is 0 Å². The zero-order valence-corrected chi connectivity index (χ0v) is 10.6. The van der Waals surface area contributed by atoms with Crippen molar-refractivity contribution in [3.63, 3.8) is 0 Å². The fourth-order valence-electron chi connectivity index (χ4n) is 2.23. The summed E-state index contributed by atoms with van der Waals surface area (Å²) >= 11 is 0. The van der Waals surface area contributed by atoms with Gasteiger partial charge in [0, 0.05) is 12.4 Å². The summed E-state index contributed by atoms with van der Waals surface area (Å²) in [5.74, 6) is 0. The van der Waals surface area contributed by atoms with Crippen LogP contribution in [0.3, 0.4) is 0 Å². The Morgan fingerprint density at radius 3 is 1.37 bits per heavy atom. The molecule has 0 unspecified atom stereocenters. The number of aromatic nitrogens is 1. The zero-order chi connectivity index (χ0) is 12.9. The first kappa shape index (κ1) is 11.5. The summed E-state index contributed by atoms with van der Waals surface area (Å²) in [6.45, 7) is 0. The SMILES string of the molecule is c1cc[nH]c1.c1ccc2c(c1)ccc1ccccc12. The van der Waals surface area contributed by atoms with Gasteiger partial charge < -0.3 is 4.98 Å². The maximum atomic E-state index is 2.86. The predicted octanol–water partition coefficient (Wildman–Crippen LogP) is 5.01. The monoisotopic (exact) mass is 245 g/mol. The molecule has 0 fully saturated rings. The highest BCUT2D eigenvalue weighted by Crippen LogP contribution is 2.24. The number of hydrogen-bond donors (Lipinski definition) is 1. The third-order valence-corrected chi connectivity index (χ3v) is 3.15. The molecular formula is C18H15N. The van der Waals surface area contributed by atoms with Gasteiger partial charge in [-0.05, 0) is 33.7 Å². The van der Waals surface area contributed by atoms with E-state index in [1.165, 1.54) is 21.5 Å². The third-order valence-electron chi connectivity index (χ3n) is 3.15. The van der Waals surface area contributed by atoms with Crippen molar-refractivity contribution < 1.29 is 0 Å². The molecule has 0 aliphatic carbocycles. The normalized spacial score (nSPS) is 10.1. The van der Waals surface area contributed by atoms with Gasteiger partial charge in [-0.15, -0.1) is 0 Å². The average Bonchev–Trinajstić information content (AvgIpc) is 3.07. The molecule has 0 aliphatic heterocycles. The van der Waals surface area contributed by atoms with E-state index in [-0.39, 0.29) is 0 Å². The maximum Gasteiger partial charge on any atom is 0.000496 e. The fourth-order valence-corrected chi connectivity index (χ4v) is 2.23. The smallest absolute Gasteiger partial charge is 0.000496 e.